The topological polar surface area (TPSA) is 36.9 Å². The molecule has 4 unspecified atom stereocenters. The van der Waals surface area contributed by atoms with Crippen molar-refractivity contribution >= 4 is 0 Å². The maximum atomic E-state index is 5.99. The number of allylic oxidation sites excluding steroid dienone is 2. The van der Waals surface area contributed by atoms with Crippen LogP contribution in [-0.2, 0) is 18.9 Å². The van der Waals surface area contributed by atoms with Gasteiger partial charge in [0.1, 0.15) is 0 Å². The van der Waals surface area contributed by atoms with Crippen LogP contribution >= 0.6 is 0 Å². The van der Waals surface area contributed by atoms with Crippen LogP contribution in [0.15, 0.2) is 23.3 Å². The molecule has 0 N–H and O–H groups in total. The molecule has 2 heterocycles. The van der Waals surface area contributed by atoms with Crippen molar-refractivity contribution in [3.8, 4) is 0 Å². The van der Waals surface area contributed by atoms with Crippen LogP contribution < -0.4 is 0 Å². The van der Waals surface area contributed by atoms with Gasteiger partial charge in [0.15, 0.2) is 0 Å². The summed E-state index contributed by atoms with van der Waals surface area (Å²) in [5.74, 6) is 3.96. The maximum absolute atomic E-state index is 5.99. The molecule has 4 bridgehead atoms. The van der Waals surface area contributed by atoms with Gasteiger partial charge >= 0.3 is 6.16 Å². The predicted molar refractivity (Wildman–Crippen MR) is 91.3 cm³/mol. The van der Waals surface area contributed by atoms with Crippen molar-refractivity contribution in [3.63, 3.8) is 0 Å². The highest BCUT2D eigenvalue weighted by Crippen LogP contribution is 2.49. The molecular weight excluding hydrogens is 316 g/mol. The average molecular weight is 344 g/mol. The molecule has 0 aromatic carbocycles. The van der Waals surface area contributed by atoms with E-state index in [1.807, 2.05) is 0 Å². The van der Waals surface area contributed by atoms with Gasteiger partial charge in [-0.1, -0.05) is 23.3 Å². The van der Waals surface area contributed by atoms with E-state index in [9.17, 15) is 0 Å². The lowest BCUT2D eigenvalue weighted by atomic mass is 9.88. The summed E-state index contributed by atoms with van der Waals surface area (Å²) in [6.07, 6.45) is 11.9. The summed E-state index contributed by atoms with van der Waals surface area (Å²) in [4.78, 5) is 0. The molecule has 0 aromatic heterocycles. The minimum absolute atomic E-state index is 0.388. The van der Waals surface area contributed by atoms with Crippen LogP contribution in [0.5, 0.6) is 0 Å². The molecule has 2 saturated heterocycles. The van der Waals surface area contributed by atoms with Crippen molar-refractivity contribution in [1.82, 2.24) is 0 Å². The zero-order valence-corrected chi connectivity index (χ0v) is 14.8. The van der Waals surface area contributed by atoms with Gasteiger partial charge in [-0.05, 0) is 62.2 Å². The number of hydrogen-bond acceptors (Lipinski definition) is 4. The van der Waals surface area contributed by atoms with E-state index in [4.69, 9.17) is 18.9 Å². The Kier molecular flexibility index (Phi) is 3.48. The monoisotopic (exact) mass is 344 g/mol. The van der Waals surface area contributed by atoms with Crippen LogP contribution in [0.4, 0.5) is 0 Å². The molecular formula is C21H28O4. The molecule has 6 rings (SSSR count). The second-order valence-corrected chi connectivity index (χ2v) is 9.01. The van der Waals surface area contributed by atoms with Gasteiger partial charge in [0.05, 0.1) is 26.4 Å². The standard InChI is InChI=1S/C21H28O4/c1-3-15-5-13(1)7-19(15)17-9-22-21(23-10-17)24-11-18(12-25-21)20-8-14-2-4-16(20)6-14/h7-8,13-18H,1-6,9-12H2. The molecule has 0 aromatic rings. The van der Waals surface area contributed by atoms with Crippen LogP contribution in [0.1, 0.15) is 38.5 Å². The van der Waals surface area contributed by atoms with Gasteiger partial charge in [0, 0.05) is 11.8 Å². The van der Waals surface area contributed by atoms with Crippen molar-refractivity contribution in [2.45, 2.75) is 44.7 Å². The van der Waals surface area contributed by atoms with Crippen molar-refractivity contribution in [1.29, 1.82) is 0 Å². The molecule has 0 amide bonds. The number of rotatable bonds is 2. The quantitative estimate of drug-likeness (QED) is 0.717. The minimum atomic E-state index is -1.23. The van der Waals surface area contributed by atoms with E-state index in [2.05, 4.69) is 12.2 Å². The van der Waals surface area contributed by atoms with Gasteiger partial charge in [-0.15, -0.1) is 0 Å². The fourth-order valence-corrected chi connectivity index (χ4v) is 6.24. The van der Waals surface area contributed by atoms with E-state index in [0.717, 1.165) is 23.7 Å². The largest absolute Gasteiger partial charge is 0.412 e. The van der Waals surface area contributed by atoms with Crippen LogP contribution in [0, 0.1) is 35.5 Å². The Hall–Kier alpha value is -0.680. The molecule has 25 heavy (non-hydrogen) atoms. The summed E-state index contributed by atoms with van der Waals surface area (Å²) in [5.41, 5.74) is 3.15. The second kappa shape index (κ2) is 5.66. The molecule has 1 spiro atoms. The third kappa shape index (κ3) is 2.48. The van der Waals surface area contributed by atoms with Gasteiger partial charge in [0.2, 0.25) is 0 Å². The molecule has 4 atom stereocenters. The van der Waals surface area contributed by atoms with Crippen molar-refractivity contribution in [2.75, 3.05) is 26.4 Å². The van der Waals surface area contributed by atoms with E-state index in [1.54, 1.807) is 11.1 Å². The number of hydrogen-bond donors (Lipinski definition) is 0. The zero-order chi connectivity index (χ0) is 16.4. The third-order valence-corrected chi connectivity index (χ3v) is 7.53. The van der Waals surface area contributed by atoms with Gasteiger partial charge in [-0.25, -0.2) is 0 Å². The fraction of sp³-hybridized carbons (Fsp3) is 0.810. The normalized spacial score (nSPS) is 51.2. The third-order valence-electron chi connectivity index (χ3n) is 7.53. The molecule has 0 radical (unpaired) electrons. The predicted octanol–water partition coefficient (Wildman–Crippen LogP) is 3.64. The first-order chi connectivity index (χ1) is 12.3. The minimum Gasteiger partial charge on any atom is -0.303 e. The first-order valence-electron chi connectivity index (χ1n) is 10.3. The molecule has 4 nitrogen and oxygen atoms in total. The first kappa shape index (κ1) is 15.4. The Morgan fingerprint density at radius 1 is 0.600 bits per heavy atom. The highest BCUT2D eigenvalue weighted by atomic mass is 17.0. The van der Waals surface area contributed by atoms with E-state index >= 15 is 0 Å². The summed E-state index contributed by atoms with van der Waals surface area (Å²) in [5, 5.41) is 0. The van der Waals surface area contributed by atoms with Crippen molar-refractivity contribution < 1.29 is 18.9 Å². The number of fused-ring (bicyclic) bond motifs is 4. The van der Waals surface area contributed by atoms with Crippen LogP contribution in [0.3, 0.4) is 0 Å². The molecule has 4 heteroatoms. The Labute approximate surface area is 149 Å². The van der Waals surface area contributed by atoms with E-state index < -0.39 is 6.16 Å². The lowest BCUT2D eigenvalue weighted by Gasteiger charge is -2.43. The van der Waals surface area contributed by atoms with E-state index in [-0.39, 0.29) is 0 Å². The average Bonchev–Trinajstić information content (AvgIpc) is 3.44. The van der Waals surface area contributed by atoms with Crippen molar-refractivity contribution in [3.05, 3.63) is 23.3 Å². The SMILES string of the molecule is C1=C(C2COC3(OC2)OCC(C2=CC4CCC2C4)CO3)C2CCC1C2. The molecule has 6 aliphatic rings. The number of ether oxygens (including phenoxy) is 4. The summed E-state index contributed by atoms with van der Waals surface area (Å²) in [6, 6.07) is 0. The Morgan fingerprint density at radius 3 is 1.36 bits per heavy atom. The molecule has 4 aliphatic carbocycles. The smallest absolute Gasteiger partial charge is 0.303 e. The highest BCUT2D eigenvalue weighted by molar-refractivity contribution is 5.23. The summed E-state index contributed by atoms with van der Waals surface area (Å²) in [7, 11) is 0. The Bertz CT molecular complexity index is 550. The summed E-state index contributed by atoms with van der Waals surface area (Å²) >= 11 is 0. The van der Waals surface area contributed by atoms with Crippen LogP contribution in [0.25, 0.3) is 0 Å². The lowest BCUT2D eigenvalue weighted by molar-refractivity contribution is -0.532. The van der Waals surface area contributed by atoms with Gasteiger partial charge in [-0.3, -0.25) is 0 Å². The Morgan fingerprint density at radius 2 is 1.04 bits per heavy atom. The summed E-state index contributed by atoms with van der Waals surface area (Å²) < 4.78 is 23.9. The van der Waals surface area contributed by atoms with Gasteiger partial charge in [-0.2, -0.15) is 0 Å². The maximum Gasteiger partial charge on any atom is 0.412 e. The highest BCUT2D eigenvalue weighted by Gasteiger charge is 2.49. The van der Waals surface area contributed by atoms with Crippen molar-refractivity contribution in [2.24, 2.45) is 35.5 Å². The van der Waals surface area contributed by atoms with Gasteiger partial charge < -0.3 is 18.9 Å². The second-order valence-electron chi connectivity index (χ2n) is 9.01. The fourth-order valence-electron chi connectivity index (χ4n) is 6.24. The molecule has 136 valence electrons. The Balaban J connectivity index is 1.07. The molecule has 2 aliphatic heterocycles. The van der Waals surface area contributed by atoms with E-state index in [0.29, 0.717) is 38.3 Å². The zero-order valence-electron chi connectivity index (χ0n) is 14.8. The van der Waals surface area contributed by atoms with E-state index in [1.165, 1.54) is 38.5 Å². The van der Waals surface area contributed by atoms with Crippen LogP contribution in [0.2, 0.25) is 0 Å². The van der Waals surface area contributed by atoms with Crippen LogP contribution in [-0.4, -0.2) is 32.6 Å². The molecule has 4 fully saturated rings. The first-order valence-corrected chi connectivity index (χ1v) is 10.3. The summed E-state index contributed by atoms with van der Waals surface area (Å²) in [6.45, 7) is 2.64. The van der Waals surface area contributed by atoms with Gasteiger partial charge in [0.25, 0.3) is 0 Å². The lowest BCUT2D eigenvalue weighted by Crippen LogP contribution is -2.53. The molecule has 2 saturated carbocycles.